The van der Waals surface area contributed by atoms with Crippen LogP contribution in [0.4, 0.5) is 0 Å². The smallest absolute Gasteiger partial charge is 0.352 e. The molecule has 29 heavy (non-hydrogen) atoms. The molecule has 2 aromatic heterocycles. The maximum Gasteiger partial charge on any atom is 0.352 e. The molecule has 4 heterocycles. The number of fused-ring (bicyclic) bond motifs is 1. The molecule has 0 unspecified atom stereocenters. The molecule has 2 aromatic rings. The summed E-state index contributed by atoms with van der Waals surface area (Å²) in [5.74, 6) is -1.18. The predicted molar refractivity (Wildman–Crippen MR) is 108 cm³/mol. The first-order chi connectivity index (χ1) is 13.8. The topological polar surface area (TPSA) is 130 Å². The van der Waals surface area contributed by atoms with Crippen LogP contribution in [0.1, 0.15) is 15.5 Å². The standard InChI is InChI=1S/C16H16N6O4S3/c1-7-18-19-16(29-7)28-6-8-5-27-14-10(13(24)22(14)11(8)15(25)26)17-12(23)9-3-4-21(2)20-9/h3-4,10,14H,5-6H2,1-2H3,(H,17,23)(H,25,26)/t10-,14+/m1/s1. The van der Waals surface area contributed by atoms with Gasteiger partial charge in [0.2, 0.25) is 0 Å². The summed E-state index contributed by atoms with van der Waals surface area (Å²) >= 11 is 4.27. The van der Waals surface area contributed by atoms with Crippen LogP contribution >= 0.6 is 34.9 Å². The zero-order valence-electron chi connectivity index (χ0n) is 15.4. The van der Waals surface area contributed by atoms with Crippen LogP contribution in [0.5, 0.6) is 0 Å². The van der Waals surface area contributed by atoms with Crippen LogP contribution in [0.15, 0.2) is 27.9 Å². The van der Waals surface area contributed by atoms with Crippen LogP contribution in [0.3, 0.4) is 0 Å². The van der Waals surface area contributed by atoms with Gasteiger partial charge in [-0.2, -0.15) is 5.10 Å². The fraction of sp³-hybridized carbons (Fsp3) is 0.375. The molecule has 0 aromatic carbocycles. The van der Waals surface area contributed by atoms with E-state index in [1.165, 1.54) is 44.4 Å². The molecule has 1 fully saturated rings. The summed E-state index contributed by atoms with van der Waals surface area (Å²) in [7, 11) is 1.69. The lowest BCUT2D eigenvalue weighted by molar-refractivity contribution is -0.148. The zero-order chi connectivity index (χ0) is 20.7. The maximum absolute atomic E-state index is 12.7. The van der Waals surface area contributed by atoms with Crippen molar-refractivity contribution in [1.82, 2.24) is 30.2 Å². The van der Waals surface area contributed by atoms with E-state index < -0.39 is 29.2 Å². The average molecular weight is 453 g/mol. The number of aliphatic carboxylic acids is 1. The third-order valence-electron chi connectivity index (χ3n) is 4.36. The van der Waals surface area contributed by atoms with E-state index >= 15 is 0 Å². The monoisotopic (exact) mass is 452 g/mol. The predicted octanol–water partition coefficient (Wildman–Crippen LogP) is 0.725. The van der Waals surface area contributed by atoms with Crippen molar-refractivity contribution in [2.24, 2.45) is 7.05 Å². The number of nitrogens with zero attached hydrogens (tertiary/aromatic N) is 5. The highest BCUT2D eigenvalue weighted by atomic mass is 32.2. The molecule has 152 valence electrons. The molecule has 2 atom stereocenters. The van der Waals surface area contributed by atoms with Gasteiger partial charge in [0.15, 0.2) is 4.34 Å². The second-order valence-electron chi connectivity index (χ2n) is 6.37. The fourth-order valence-electron chi connectivity index (χ4n) is 3.03. The van der Waals surface area contributed by atoms with E-state index in [2.05, 4.69) is 20.6 Å². The van der Waals surface area contributed by atoms with E-state index in [4.69, 9.17) is 0 Å². The summed E-state index contributed by atoms with van der Waals surface area (Å²) in [5.41, 5.74) is 0.855. The number of β-lactam (4-membered cyclic amide) rings is 1. The van der Waals surface area contributed by atoms with Crippen molar-refractivity contribution in [3.05, 3.63) is 34.2 Å². The van der Waals surface area contributed by atoms with Crippen molar-refractivity contribution < 1.29 is 19.5 Å². The summed E-state index contributed by atoms with van der Waals surface area (Å²) in [5, 5.41) is 24.8. The number of carboxylic acid groups (broad SMARTS) is 1. The van der Waals surface area contributed by atoms with Gasteiger partial charge in [-0.3, -0.25) is 19.2 Å². The van der Waals surface area contributed by atoms with Crippen molar-refractivity contribution >= 4 is 52.6 Å². The Morgan fingerprint density at radius 2 is 2.21 bits per heavy atom. The number of amides is 2. The molecular weight excluding hydrogens is 436 g/mol. The number of thioether (sulfide) groups is 2. The number of aryl methyl sites for hydroxylation is 2. The Kier molecular flexibility index (Phi) is 5.36. The second kappa shape index (κ2) is 7.80. The van der Waals surface area contributed by atoms with Gasteiger partial charge in [-0.15, -0.1) is 22.0 Å². The second-order valence-corrected chi connectivity index (χ2v) is 9.88. The third-order valence-corrected chi connectivity index (χ3v) is 7.76. The highest BCUT2D eigenvalue weighted by molar-refractivity contribution is 8.01. The highest BCUT2D eigenvalue weighted by Crippen LogP contribution is 2.41. The molecule has 0 bridgehead atoms. The Balaban J connectivity index is 1.48. The van der Waals surface area contributed by atoms with Crippen molar-refractivity contribution in [3.8, 4) is 0 Å². The van der Waals surface area contributed by atoms with Gasteiger partial charge in [0.1, 0.15) is 27.8 Å². The van der Waals surface area contributed by atoms with Crippen LogP contribution < -0.4 is 5.32 Å². The van der Waals surface area contributed by atoms with Crippen LogP contribution in [0, 0.1) is 6.92 Å². The van der Waals surface area contributed by atoms with Gasteiger partial charge >= 0.3 is 5.97 Å². The number of hydrogen-bond acceptors (Lipinski definition) is 9. The maximum atomic E-state index is 12.7. The summed E-state index contributed by atoms with van der Waals surface area (Å²) in [6.07, 6.45) is 1.63. The lowest BCUT2D eigenvalue weighted by Crippen LogP contribution is -2.70. The fourth-order valence-corrected chi connectivity index (χ4v) is 6.33. The number of carboxylic acids is 1. The van der Waals surface area contributed by atoms with Gasteiger partial charge in [-0.25, -0.2) is 4.79 Å². The minimum atomic E-state index is -1.15. The zero-order valence-corrected chi connectivity index (χ0v) is 17.8. The lowest BCUT2D eigenvalue weighted by Gasteiger charge is -2.49. The molecule has 2 amide bonds. The van der Waals surface area contributed by atoms with E-state index in [9.17, 15) is 19.5 Å². The largest absolute Gasteiger partial charge is 0.477 e. The van der Waals surface area contributed by atoms with Gasteiger partial charge < -0.3 is 10.4 Å². The SMILES string of the molecule is Cc1nnc(SCC2=C(C(=O)O)N3C(=O)[C@@H](NC(=O)c4ccn(C)n4)[C@@H]3SC2)s1. The molecule has 0 aliphatic carbocycles. The Bertz CT molecular complexity index is 1030. The number of carbonyl (C=O) groups excluding carboxylic acids is 2. The number of rotatable bonds is 6. The summed E-state index contributed by atoms with van der Waals surface area (Å²) < 4.78 is 2.25. The Labute approximate surface area is 177 Å². The summed E-state index contributed by atoms with van der Waals surface area (Å²) in [6.45, 7) is 1.85. The van der Waals surface area contributed by atoms with E-state index in [1.807, 2.05) is 6.92 Å². The van der Waals surface area contributed by atoms with E-state index in [0.29, 0.717) is 17.1 Å². The first kappa shape index (κ1) is 19.9. The first-order valence-electron chi connectivity index (χ1n) is 8.48. The van der Waals surface area contributed by atoms with Crippen LogP contribution in [-0.2, 0) is 16.6 Å². The molecule has 10 nitrogen and oxygen atoms in total. The molecule has 2 aliphatic heterocycles. The normalized spacial score (nSPS) is 21.0. The van der Waals surface area contributed by atoms with Crippen LogP contribution in [0.2, 0.25) is 0 Å². The number of aromatic nitrogens is 4. The van der Waals surface area contributed by atoms with Gasteiger partial charge in [0.05, 0.1) is 0 Å². The van der Waals surface area contributed by atoms with Gasteiger partial charge in [-0.05, 0) is 18.6 Å². The minimum absolute atomic E-state index is 0.00387. The average Bonchev–Trinajstić information content (AvgIpc) is 3.31. The molecular formula is C16H16N6O4S3. The van der Waals surface area contributed by atoms with E-state index in [0.717, 1.165) is 9.35 Å². The van der Waals surface area contributed by atoms with Crippen LogP contribution in [-0.4, -0.2) is 70.7 Å². The molecule has 0 spiro atoms. The molecule has 2 N–H and O–H groups in total. The van der Waals surface area contributed by atoms with Crippen molar-refractivity contribution in [2.45, 2.75) is 22.7 Å². The Morgan fingerprint density at radius 1 is 1.41 bits per heavy atom. The third kappa shape index (κ3) is 3.76. The molecule has 1 saturated heterocycles. The molecule has 0 saturated carbocycles. The van der Waals surface area contributed by atoms with Crippen LogP contribution in [0.25, 0.3) is 0 Å². The number of hydrogen-bond donors (Lipinski definition) is 2. The molecule has 4 rings (SSSR count). The molecule has 13 heteroatoms. The van der Waals surface area contributed by atoms with Crippen molar-refractivity contribution in [2.75, 3.05) is 11.5 Å². The molecule has 0 radical (unpaired) electrons. The quantitative estimate of drug-likeness (QED) is 0.481. The Morgan fingerprint density at radius 3 is 2.83 bits per heavy atom. The van der Waals surface area contributed by atoms with E-state index in [-0.39, 0.29) is 11.4 Å². The summed E-state index contributed by atoms with van der Waals surface area (Å²) in [6, 6.07) is 0.779. The van der Waals surface area contributed by atoms with Gasteiger partial charge in [0, 0.05) is 24.8 Å². The van der Waals surface area contributed by atoms with Gasteiger partial charge in [0.25, 0.3) is 11.8 Å². The highest BCUT2D eigenvalue weighted by Gasteiger charge is 2.54. The number of nitrogens with one attached hydrogen (secondary N) is 1. The van der Waals surface area contributed by atoms with E-state index in [1.54, 1.807) is 19.3 Å². The lowest BCUT2D eigenvalue weighted by atomic mass is 10.0. The van der Waals surface area contributed by atoms with Crippen molar-refractivity contribution in [3.63, 3.8) is 0 Å². The van der Waals surface area contributed by atoms with Crippen molar-refractivity contribution in [1.29, 1.82) is 0 Å². The Hall–Kier alpha value is -2.38. The van der Waals surface area contributed by atoms with Gasteiger partial charge in [-0.1, -0.05) is 23.1 Å². The minimum Gasteiger partial charge on any atom is -0.477 e. The summed E-state index contributed by atoms with van der Waals surface area (Å²) in [4.78, 5) is 38.1. The number of carbonyl (C=O) groups is 3. The first-order valence-corrected chi connectivity index (χ1v) is 11.3. The molecule has 2 aliphatic rings.